The second-order valence-electron chi connectivity index (χ2n) is 7.01. The number of carbonyl (C=O) groups excluding carboxylic acids is 1. The van der Waals surface area contributed by atoms with Crippen molar-refractivity contribution in [2.45, 2.75) is 44.1 Å². The summed E-state index contributed by atoms with van der Waals surface area (Å²) < 4.78 is 12.9. The molecule has 4 fully saturated rings. The summed E-state index contributed by atoms with van der Waals surface area (Å²) in [4.78, 5) is 16.2. The first-order valence-corrected chi connectivity index (χ1v) is 7.56. The Morgan fingerprint density at radius 2 is 1.75 bits per heavy atom. The van der Waals surface area contributed by atoms with Gasteiger partial charge in [-0.25, -0.2) is 9.37 Å². The van der Waals surface area contributed by atoms with Crippen LogP contribution in [0.2, 0.25) is 0 Å². The number of amides is 1. The molecule has 1 heterocycles. The maximum absolute atomic E-state index is 12.9. The minimum atomic E-state index is -0.406. The molecule has 4 saturated carbocycles. The molecule has 4 heteroatoms. The van der Waals surface area contributed by atoms with Crippen LogP contribution in [0.1, 0.15) is 49.0 Å². The van der Waals surface area contributed by atoms with Crippen LogP contribution in [-0.2, 0) is 0 Å². The molecule has 1 amide bonds. The van der Waals surface area contributed by atoms with E-state index in [1.165, 1.54) is 31.4 Å². The quantitative estimate of drug-likeness (QED) is 0.901. The standard InChI is InChI=1S/C16H19FN2O/c17-13-1-2-14(18-9-13)15(20)19-16-6-10-3-11(7-16)5-12(4-10)8-16/h1-2,9-12H,3-8H2,(H,19,20). The number of halogens is 1. The molecule has 0 unspecified atom stereocenters. The molecular weight excluding hydrogens is 255 g/mol. The van der Waals surface area contributed by atoms with E-state index in [4.69, 9.17) is 0 Å². The van der Waals surface area contributed by atoms with E-state index in [9.17, 15) is 9.18 Å². The summed E-state index contributed by atoms with van der Waals surface area (Å²) in [5.74, 6) is 1.83. The van der Waals surface area contributed by atoms with Gasteiger partial charge in [-0.15, -0.1) is 0 Å². The Bertz CT molecular complexity index is 505. The average molecular weight is 274 g/mol. The number of aromatic nitrogens is 1. The molecule has 4 aliphatic rings. The molecule has 0 spiro atoms. The zero-order chi connectivity index (χ0) is 13.7. The Kier molecular flexibility index (Phi) is 2.63. The molecule has 20 heavy (non-hydrogen) atoms. The Hall–Kier alpha value is -1.45. The summed E-state index contributed by atoms with van der Waals surface area (Å²) in [5.41, 5.74) is 0.309. The molecule has 5 rings (SSSR count). The van der Waals surface area contributed by atoms with E-state index in [0.29, 0.717) is 5.69 Å². The van der Waals surface area contributed by atoms with Gasteiger partial charge in [0.1, 0.15) is 11.5 Å². The van der Waals surface area contributed by atoms with E-state index >= 15 is 0 Å². The lowest BCUT2D eigenvalue weighted by molar-refractivity contribution is -0.0167. The molecule has 1 N–H and O–H groups in total. The first-order chi connectivity index (χ1) is 9.62. The predicted molar refractivity (Wildman–Crippen MR) is 72.6 cm³/mol. The first-order valence-electron chi connectivity index (χ1n) is 7.56. The molecule has 4 aliphatic carbocycles. The molecule has 0 radical (unpaired) electrons. The van der Waals surface area contributed by atoms with Crippen molar-refractivity contribution in [1.29, 1.82) is 0 Å². The second-order valence-corrected chi connectivity index (χ2v) is 7.01. The lowest BCUT2D eigenvalue weighted by Gasteiger charge is -2.56. The third kappa shape index (κ3) is 2.02. The SMILES string of the molecule is O=C(NC12CC3CC(CC(C3)C1)C2)c1ccc(F)cn1. The Morgan fingerprint density at radius 3 is 2.25 bits per heavy atom. The van der Waals surface area contributed by atoms with Crippen molar-refractivity contribution in [3.8, 4) is 0 Å². The van der Waals surface area contributed by atoms with Crippen LogP contribution in [0.15, 0.2) is 18.3 Å². The average Bonchev–Trinajstić information content (AvgIpc) is 2.37. The van der Waals surface area contributed by atoms with Crippen LogP contribution in [0.25, 0.3) is 0 Å². The van der Waals surface area contributed by atoms with Crippen molar-refractivity contribution < 1.29 is 9.18 Å². The van der Waals surface area contributed by atoms with Crippen molar-refractivity contribution in [3.63, 3.8) is 0 Å². The van der Waals surface area contributed by atoms with E-state index in [1.54, 1.807) is 0 Å². The van der Waals surface area contributed by atoms with Gasteiger partial charge in [-0.2, -0.15) is 0 Å². The normalized spacial score (nSPS) is 38.0. The zero-order valence-corrected chi connectivity index (χ0v) is 11.4. The van der Waals surface area contributed by atoms with E-state index in [1.807, 2.05) is 0 Å². The lowest BCUT2D eigenvalue weighted by Crippen LogP contribution is -2.59. The number of carbonyl (C=O) groups is 1. The third-order valence-corrected chi connectivity index (χ3v) is 5.38. The van der Waals surface area contributed by atoms with Crippen molar-refractivity contribution >= 4 is 5.91 Å². The molecule has 1 aromatic heterocycles. The van der Waals surface area contributed by atoms with Crippen LogP contribution in [-0.4, -0.2) is 16.4 Å². The van der Waals surface area contributed by atoms with Crippen LogP contribution in [0, 0.1) is 23.6 Å². The van der Waals surface area contributed by atoms with E-state index in [-0.39, 0.29) is 11.4 Å². The fraction of sp³-hybridized carbons (Fsp3) is 0.625. The number of hydrogen-bond acceptors (Lipinski definition) is 2. The molecular formula is C16H19FN2O. The Labute approximate surface area is 118 Å². The Balaban J connectivity index is 1.53. The molecule has 1 aromatic rings. The molecule has 3 nitrogen and oxygen atoms in total. The van der Waals surface area contributed by atoms with Gasteiger partial charge in [0.05, 0.1) is 6.20 Å². The van der Waals surface area contributed by atoms with Gasteiger partial charge in [0.15, 0.2) is 0 Å². The van der Waals surface area contributed by atoms with Crippen molar-refractivity contribution in [2.75, 3.05) is 0 Å². The van der Waals surface area contributed by atoms with Crippen LogP contribution in [0.5, 0.6) is 0 Å². The number of nitrogens with zero attached hydrogens (tertiary/aromatic N) is 1. The van der Waals surface area contributed by atoms with Gasteiger partial charge in [-0.05, 0) is 68.4 Å². The highest BCUT2D eigenvalue weighted by atomic mass is 19.1. The highest BCUT2D eigenvalue weighted by Crippen LogP contribution is 2.55. The highest BCUT2D eigenvalue weighted by Gasteiger charge is 2.51. The summed E-state index contributed by atoms with van der Waals surface area (Å²) in [6, 6.07) is 2.76. The number of hydrogen-bond donors (Lipinski definition) is 1. The minimum absolute atomic E-state index is 0.0120. The van der Waals surface area contributed by atoms with Crippen LogP contribution in [0.4, 0.5) is 4.39 Å². The summed E-state index contributed by atoms with van der Waals surface area (Å²) in [6.07, 6.45) is 8.51. The molecule has 106 valence electrons. The lowest BCUT2D eigenvalue weighted by atomic mass is 9.53. The van der Waals surface area contributed by atoms with Crippen LogP contribution >= 0.6 is 0 Å². The van der Waals surface area contributed by atoms with Gasteiger partial charge in [-0.1, -0.05) is 0 Å². The monoisotopic (exact) mass is 274 g/mol. The number of pyridine rings is 1. The van der Waals surface area contributed by atoms with Gasteiger partial charge < -0.3 is 5.32 Å². The van der Waals surface area contributed by atoms with Gasteiger partial charge >= 0.3 is 0 Å². The molecule has 0 saturated heterocycles. The minimum Gasteiger partial charge on any atom is -0.345 e. The topological polar surface area (TPSA) is 42.0 Å². The summed E-state index contributed by atoms with van der Waals surface area (Å²) in [6.45, 7) is 0. The fourth-order valence-corrected chi connectivity index (χ4v) is 5.08. The van der Waals surface area contributed by atoms with Crippen molar-refractivity contribution in [2.24, 2.45) is 17.8 Å². The van der Waals surface area contributed by atoms with Crippen molar-refractivity contribution in [1.82, 2.24) is 10.3 Å². The van der Waals surface area contributed by atoms with Crippen LogP contribution in [0.3, 0.4) is 0 Å². The molecule has 0 aliphatic heterocycles. The van der Waals surface area contributed by atoms with Gasteiger partial charge in [0.2, 0.25) is 0 Å². The maximum atomic E-state index is 12.9. The van der Waals surface area contributed by atoms with E-state index in [0.717, 1.165) is 43.2 Å². The number of nitrogens with one attached hydrogen (secondary N) is 1. The molecule has 0 aromatic carbocycles. The Morgan fingerprint density at radius 1 is 1.15 bits per heavy atom. The smallest absolute Gasteiger partial charge is 0.270 e. The largest absolute Gasteiger partial charge is 0.345 e. The summed E-state index contributed by atoms with van der Waals surface area (Å²) in [5, 5.41) is 3.24. The van der Waals surface area contributed by atoms with Crippen molar-refractivity contribution in [3.05, 3.63) is 29.8 Å². The maximum Gasteiger partial charge on any atom is 0.270 e. The van der Waals surface area contributed by atoms with E-state index < -0.39 is 5.82 Å². The van der Waals surface area contributed by atoms with E-state index in [2.05, 4.69) is 10.3 Å². The molecule has 0 atom stereocenters. The predicted octanol–water partition coefficient (Wildman–Crippen LogP) is 2.92. The van der Waals surface area contributed by atoms with Gasteiger partial charge in [0, 0.05) is 5.54 Å². The van der Waals surface area contributed by atoms with Crippen LogP contribution < -0.4 is 5.32 Å². The molecule has 4 bridgehead atoms. The first kappa shape index (κ1) is 12.3. The number of rotatable bonds is 2. The second kappa shape index (κ2) is 4.27. The fourth-order valence-electron chi connectivity index (χ4n) is 5.08. The zero-order valence-electron chi connectivity index (χ0n) is 11.4. The summed E-state index contributed by atoms with van der Waals surface area (Å²) in [7, 11) is 0. The van der Waals surface area contributed by atoms with Gasteiger partial charge in [-0.3, -0.25) is 4.79 Å². The third-order valence-electron chi connectivity index (χ3n) is 5.38. The summed E-state index contributed by atoms with van der Waals surface area (Å²) >= 11 is 0. The highest BCUT2D eigenvalue weighted by molar-refractivity contribution is 5.92. The van der Waals surface area contributed by atoms with Gasteiger partial charge in [0.25, 0.3) is 5.91 Å².